The number of hydrogen-bond donors (Lipinski definition) is 1. The maximum Gasteiger partial charge on any atom is 0.0702 e. The normalized spacial score (nSPS) is 16.0. The van der Waals surface area contributed by atoms with Crippen LogP contribution in [-0.4, -0.2) is 9.78 Å². The van der Waals surface area contributed by atoms with Gasteiger partial charge in [0, 0.05) is 17.6 Å². The third-order valence-electron chi connectivity index (χ3n) is 3.11. The molecule has 0 atom stereocenters. The number of fused-ring (bicyclic) bond motifs is 1. The molecule has 0 saturated heterocycles. The smallest absolute Gasteiger partial charge is 0.0702 e. The standard InChI is InChI=1S/C12H15N3/c13-11-4-3-10-8-14-15(12(10)7-11)6-5-9-1-2-9/h3-4,7-9H,1-2,5-6,13H2. The molecule has 0 amide bonds. The molecular weight excluding hydrogens is 186 g/mol. The predicted molar refractivity (Wildman–Crippen MR) is 61.5 cm³/mol. The van der Waals surface area contributed by atoms with E-state index in [-0.39, 0.29) is 0 Å². The second-order valence-corrected chi connectivity index (χ2v) is 4.42. The number of nitrogens with zero attached hydrogens (tertiary/aromatic N) is 2. The molecule has 0 bridgehead atoms. The Morgan fingerprint density at radius 2 is 2.27 bits per heavy atom. The van der Waals surface area contributed by atoms with Crippen LogP contribution in [0.25, 0.3) is 10.9 Å². The van der Waals surface area contributed by atoms with Gasteiger partial charge >= 0.3 is 0 Å². The van der Waals surface area contributed by atoms with Crippen LogP contribution in [-0.2, 0) is 6.54 Å². The first-order valence-corrected chi connectivity index (χ1v) is 5.54. The van der Waals surface area contributed by atoms with Crippen molar-refractivity contribution in [2.24, 2.45) is 5.92 Å². The Morgan fingerprint density at radius 3 is 3.07 bits per heavy atom. The molecule has 1 aromatic carbocycles. The fraction of sp³-hybridized carbons (Fsp3) is 0.417. The van der Waals surface area contributed by atoms with Gasteiger partial charge in [0.05, 0.1) is 11.7 Å². The summed E-state index contributed by atoms with van der Waals surface area (Å²) >= 11 is 0. The van der Waals surface area contributed by atoms with Crippen LogP contribution in [0.5, 0.6) is 0 Å². The van der Waals surface area contributed by atoms with Gasteiger partial charge in [-0.2, -0.15) is 5.10 Å². The number of hydrogen-bond acceptors (Lipinski definition) is 2. The van der Waals surface area contributed by atoms with Gasteiger partial charge in [0.2, 0.25) is 0 Å². The zero-order valence-electron chi connectivity index (χ0n) is 8.69. The van der Waals surface area contributed by atoms with E-state index in [1.165, 1.54) is 24.6 Å². The number of nitrogen functional groups attached to an aromatic ring is 1. The van der Waals surface area contributed by atoms with Gasteiger partial charge < -0.3 is 5.73 Å². The summed E-state index contributed by atoms with van der Waals surface area (Å²) in [5, 5.41) is 5.58. The summed E-state index contributed by atoms with van der Waals surface area (Å²) in [5.74, 6) is 0.949. The Balaban J connectivity index is 1.91. The van der Waals surface area contributed by atoms with E-state index >= 15 is 0 Å². The van der Waals surface area contributed by atoms with Crippen molar-refractivity contribution >= 4 is 16.6 Å². The van der Waals surface area contributed by atoms with Gasteiger partial charge in [0.25, 0.3) is 0 Å². The quantitative estimate of drug-likeness (QED) is 0.775. The molecule has 2 N–H and O–H groups in total. The minimum absolute atomic E-state index is 0.815. The molecule has 0 radical (unpaired) electrons. The van der Waals surface area contributed by atoms with Crippen LogP contribution in [0.3, 0.4) is 0 Å². The van der Waals surface area contributed by atoms with Crippen molar-refractivity contribution in [3.05, 3.63) is 24.4 Å². The summed E-state index contributed by atoms with van der Waals surface area (Å²) in [7, 11) is 0. The van der Waals surface area contributed by atoms with Gasteiger partial charge in [-0.1, -0.05) is 12.8 Å². The van der Waals surface area contributed by atoms with E-state index in [0.717, 1.165) is 23.7 Å². The third-order valence-corrected chi connectivity index (χ3v) is 3.11. The van der Waals surface area contributed by atoms with Gasteiger partial charge in [0.15, 0.2) is 0 Å². The van der Waals surface area contributed by atoms with Crippen LogP contribution in [0.1, 0.15) is 19.3 Å². The number of rotatable bonds is 3. The summed E-state index contributed by atoms with van der Waals surface area (Å²) in [6.07, 6.45) is 5.98. The second kappa shape index (κ2) is 3.26. The highest BCUT2D eigenvalue weighted by atomic mass is 15.3. The van der Waals surface area contributed by atoms with E-state index in [4.69, 9.17) is 5.73 Å². The SMILES string of the molecule is Nc1ccc2cnn(CCC3CC3)c2c1. The van der Waals surface area contributed by atoms with E-state index in [9.17, 15) is 0 Å². The molecule has 3 heteroatoms. The average Bonchev–Trinajstić information content (AvgIpc) is 2.97. The number of anilines is 1. The summed E-state index contributed by atoms with van der Waals surface area (Å²) in [5.41, 5.74) is 7.76. The van der Waals surface area contributed by atoms with Gasteiger partial charge in [-0.3, -0.25) is 4.68 Å². The Hall–Kier alpha value is -1.51. The Labute approximate surface area is 88.9 Å². The van der Waals surface area contributed by atoms with Gasteiger partial charge in [0.1, 0.15) is 0 Å². The van der Waals surface area contributed by atoms with Crippen molar-refractivity contribution in [2.75, 3.05) is 5.73 Å². The zero-order valence-corrected chi connectivity index (χ0v) is 8.69. The molecule has 1 heterocycles. The molecule has 1 aliphatic carbocycles. The lowest BCUT2D eigenvalue weighted by Crippen LogP contribution is -2.00. The van der Waals surface area contributed by atoms with Crippen molar-refractivity contribution in [2.45, 2.75) is 25.8 Å². The zero-order chi connectivity index (χ0) is 10.3. The summed E-state index contributed by atoms with van der Waals surface area (Å²) in [6.45, 7) is 1.03. The van der Waals surface area contributed by atoms with E-state index in [2.05, 4.69) is 9.78 Å². The van der Waals surface area contributed by atoms with E-state index in [1.807, 2.05) is 24.4 Å². The van der Waals surface area contributed by atoms with Crippen LogP contribution in [0.2, 0.25) is 0 Å². The molecule has 15 heavy (non-hydrogen) atoms. The molecule has 0 spiro atoms. The summed E-state index contributed by atoms with van der Waals surface area (Å²) < 4.78 is 2.07. The van der Waals surface area contributed by atoms with Crippen molar-refractivity contribution in [1.82, 2.24) is 9.78 Å². The molecule has 78 valence electrons. The molecule has 1 aromatic heterocycles. The molecule has 2 aromatic rings. The number of benzene rings is 1. The fourth-order valence-electron chi connectivity index (χ4n) is 1.98. The maximum absolute atomic E-state index is 5.78. The molecule has 1 aliphatic rings. The Kier molecular flexibility index (Phi) is 1.91. The van der Waals surface area contributed by atoms with Gasteiger partial charge in [-0.25, -0.2) is 0 Å². The Morgan fingerprint density at radius 1 is 1.40 bits per heavy atom. The number of aromatic nitrogens is 2. The first-order valence-electron chi connectivity index (χ1n) is 5.54. The minimum Gasteiger partial charge on any atom is -0.399 e. The Bertz CT molecular complexity index is 483. The van der Waals surface area contributed by atoms with Crippen LogP contribution < -0.4 is 5.73 Å². The topological polar surface area (TPSA) is 43.8 Å². The van der Waals surface area contributed by atoms with Crippen molar-refractivity contribution in [3.8, 4) is 0 Å². The van der Waals surface area contributed by atoms with Crippen LogP contribution >= 0.6 is 0 Å². The molecule has 3 nitrogen and oxygen atoms in total. The molecule has 3 rings (SSSR count). The molecule has 1 fully saturated rings. The number of nitrogens with two attached hydrogens (primary N) is 1. The maximum atomic E-state index is 5.78. The average molecular weight is 201 g/mol. The highest BCUT2D eigenvalue weighted by Crippen LogP contribution is 2.33. The lowest BCUT2D eigenvalue weighted by molar-refractivity contribution is 0.561. The molecule has 0 unspecified atom stereocenters. The van der Waals surface area contributed by atoms with Gasteiger partial charge in [-0.15, -0.1) is 0 Å². The van der Waals surface area contributed by atoms with E-state index in [0.29, 0.717) is 0 Å². The first kappa shape index (κ1) is 8.77. The van der Waals surface area contributed by atoms with Crippen molar-refractivity contribution in [1.29, 1.82) is 0 Å². The lowest BCUT2D eigenvalue weighted by Gasteiger charge is -2.02. The summed E-state index contributed by atoms with van der Waals surface area (Å²) in [4.78, 5) is 0. The highest BCUT2D eigenvalue weighted by Gasteiger charge is 2.20. The molecular formula is C12H15N3. The highest BCUT2D eigenvalue weighted by molar-refractivity contribution is 5.81. The predicted octanol–water partition coefficient (Wildman–Crippen LogP) is 2.42. The second-order valence-electron chi connectivity index (χ2n) is 4.42. The van der Waals surface area contributed by atoms with Crippen molar-refractivity contribution in [3.63, 3.8) is 0 Å². The summed E-state index contributed by atoms with van der Waals surface area (Å²) in [6, 6.07) is 5.97. The van der Waals surface area contributed by atoms with Crippen LogP contribution in [0.15, 0.2) is 24.4 Å². The van der Waals surface area contributed by atoms with Gasteiger partial charge in [-0.05, 0) is 30.5 Å². The van der Waals surface area contributed by atoms with Crippen LogP contribution in [0, 0.1) is 5.92 Å². The number of aryl methyl sites for hydroxylation is 1. The molecule has 1 saturated carbocycles. The fourth-order valence-corrected chi connectivity index (χ4v) is 1.98. The van der Waals surface area contributed by atoms with E-state index < -0.39 is 0 Å². The van der Waals surface area contributed by atoms with E-state index in [1.54, 1.807) is 0 Å². The largest absolute Gasteiger partial charge is 0.399 e. The van der Waals surface area contributed by atoms with Crippen LogP contribution in [0.4, 0.5) is 5.69 Å². The molecule has 0 aliphatic heterocycles. The van der Waals surface area contributed by atoms with Crippen molar-refractivity contribution < 1.29 is 0 Å². The third kappa shape index (κ3) is 1.69. The first-order chi connectivity index (χ1) is 7.33. The monoisotopic (exact) mass is 201 g/mol. The minimum atomic E-state index is 0.815. The lowest BCUT2D eigenvalue weighted by atomic mass is 10.2.